The summed E-state index contributed by atoms with van der Waals surface area (Å²) in [6.07, 6.45) is 7.96. The maximum absolute atomic E-state index is 12.0. The topological polar surface area (TPSA) is 60.7 Å². The van der Waals surface area contributed by atoms with E-state index in [1.54, 1.807) is 6.20 Å². The summed E-state index contributed by atoms with van der Waals surface area (Å²) in [7, 11) is 1.99. The zero-order valence-electron chi connectivity index (χ0n) is 13.3. The number of nitrogens with zero attached hydrogens (tertiary/aromatic N) is 4. The highest BCUT2D eigenvalue weighted by Crippen LogP contribution is 2.31. The second-order valence-electron chi connectivity index (χ2n) is 6.26. The Labute approximate surface area is 134 Å². The molecule has 3 aromatic rings. The van der Waals surface area contributed by atoms with Gasteiger partial charge in [0.25, 0.3) is 0 Å². The molecule has 1 aliphatic rings. The predicted octanol–water partition coefficient (Wildman–Crippen LogP) is 2.86. The summed E-state index contributed by atoms with van der Waals surface area (Å²) in [6.45, 7) is 1.98. The van der Waals surface area contributed by atoms with Crippen LogP contribution in [0, 0.1) is 12.8 Å². The molecule has 116 valence electrons. The van der Waals surface area contributed by atoms with Crippen LogP contribution in [0.5, 0.6) is 0 Å². The molecule has 0 N–H and O–H groups in total. The van der Waals surface area contributed by atoms with Gasteiger partial charge in [0.05, 0.1) is 23.6 Å². The van der Waals surface area contributed by atoms with Crippen LogP contribution in [-0.4, -0.2) is 25.3 Å². The van der Waals surface area contributed by atoms with Gasteiger partial charge in [0.1, 0.15) is 11.6 Å². The molecule has 0 unspecified atom stereocenters. The normalized spacial score (nSPS) is 14.3. The SMILES string of the molecule is Cc1ncc(-c2cnc3cnc(CC(=O)C4CC4)cc3c2)n1C. The quantitative estimate of drug-likeness (QED) is 0.743. The van der Waals surface area contributed by atoms with Gasteiger partial charge in [-0.05, 0) is 31.9 Å². The van der Waals surface area contributed by atoms with Crippen molar-refractivity contribution in [1.82, 2.24) is 19.5 Å². The van der Waals surface area contributed by atoms with Crippen LogP contribution in [-0.2, 0) is 18.3 Å². The lowest BCUT2D eigenvalue weighted by Gasteiger charge is -2.06. The summed E-state index contributed by atoms with van der Waals surface area (Å²) in [4.78, 5) is 25.2. The number of carbonyl (C=O) groups is 1. The molecular formula is C18H18N4O. The van der Waals surface area contributed by atoms with E-state index in [9.17, 15) is 4.79 Å². The Kier molecular flexibility index (Phi) is 3.22. The summed E-state index contributed by atoms with van der Waals surface area (Å²) in [5.74, 6) is 1.54. The number of Topliss-reactive ketones (excluding diaryl/α,β-unsaturated/α-hetero) is 1. The minimum absolute atomic E-state index is 0.273. The molecule has 5 nitrogen and oxygen atoms in total. The Balaban J connectivity index is 1.71. The molecule has 3 heterocycles. The number of ketones is 1. The standard InChI is InChI=1S/C18H18N4O/c1-11-19-10-17(22(11)2)14-5-13-6-15(7-18(23)12-3-4-12)20-9-16(13)21-8-14/h5-6,8-10,12H,3-4,7H2,1-2H3. The van der Waals surface area contributed by atoms with Crippen LogP contribution < -0.4 is 0 Å². The Morgan fingerprint density at radius 3 is 2.70 bits per heavy atom. The summed E-state index contributed by atoms with van der Waals surface area (Å²) in [5.41, 5.74) is 3.72. The van der Waals surface area contributed by atoms with Gasteiger partial charge >= 0.3 is 0 Å². The number of aromatic nitrogens is 4. The van der Waals surface area contributed by atoms with Crippen molar-refractivity contribution in [3.05, 3.63) is 42.2 Å². The van der Waals surface area contributed by atoms with E-state index < -0.39 is 0 Å². The molecule has 1 fully saturated rings. The molecular weight excluding hydrogens is 288 g/mol. The number of fused-ring (bicyclic) bond motifs is 1. The number of imidazole rings is 1. The highest BCUT2D eigenvalue weighted by Gasteiger charge is 2.29. The van der Waals surface area contributed by atoms with Gasteiger partial charge in [-0.1, -0.05) is 0 Å². The van der Waals surface area contributed by atoms with E-state index in [0.29, 0.717) is 12.2 Å². The maximum atomic E-state index is 12.0. The van der Waals surface area contributed by atoms with Crippen molar-refractivity contribution < 1.29 is 4.79 Å². The van der Waals surface area contributed by atoms with Crippen LogP contribution in [0.25, 0.3) is 22.2 Å². The molecule has 4 rings (SSSR count). The second kappa shape index (κ2) is 5.26. The van der Waals surface area contributed by atoms with Crippen LogP contribution >= 0.6 is 0 Å². The van der Waals surface area contributed by atoms with Crippen LogP contribution in [0.3, 0.4) is 0 Å². The van der Waals surface area contributed by atoms with E-state index in [0.717, 1.165) is 46.5 Å². The van der Waals surface area contributed by atoms with Gasteiger partial charge in [0, 0.05) is 42.2 Å². The fourth-order valence-corrected chi connectivity index (χ4v) is 2.81. The number of carbonyl (C=O) groups excluding carboxylic acids is 1. The van der Waals surface area contributed by atoms with Gasteiger partial charge in [-0.3, -0.25) is 14.8 Å². The fourth-order valence-electron chi connectivity index (χ4n) is 2.81. The third-order valence-corrected chi connectivity index (χ3v) is 4.53. The van der Waals surface area contributed by atoms with Gasteiger partial charge in [-0.2, -0.15) is 0 Å². The van der Waals surface area contributed by atoms with E-state index in [2.05, 4.69) is 21.0 Å². The summed E-state index contributed by atoms with van der Waals surface area (Å²) in [5, 5.41) is 1.01. The molecule has 0 radical (unpaired) electrons. The predicted molar refractivity (Wildman–Crippen MR) is 87.9 cm³/mol. The molecule has 3 aromatic heterocycles. The molecule has 0 aromatic carbocycles. The third-order valence-electron chi connectivity index (χ3n) is 4.53. The average molecular weight is 306 g/mol. The van der Waals surface area contributed by atoms with E-state index >= 15 is 0 Å². The lowest BCUT2D eigenvalue weighted by molar-refractivity contribution is -0.119. The number of aryl methyl sites for hydroxylation is 1. The first-order valence-electron chi connectivity index (χ1n) is 7.88. The zero-order valence-corrected chi connectivity index (χ0v) is 13.3. The first kappa shape index (κ1) is 14.1. The van der Waals surface area contributed by atoms with Crippen LogP contribution in [0.2, 0.25) is 0 Å². The smallest absolute Gasteiger partial charge is 0.141 e. The lowest BCUT2D eigenvalue weighted by atomic mass is 10.1. The Morgan fingerprint density at radius 1 is 1.17 bits per heavy atom. The summed E-state index contributed by atoms with van der Waals surface area (Å²) in [6, 6.07) is 4.07. The molecule has 23 heavy (non-hydrogen) atoms. The van der Waals surface area contributed by atoms with E-state index in [1.165, 1.54) is 0 Å². The third kappa shape index (κ3) is 2.63. The van der Waals surface area contributed by atoms with Crippen molar-refractivity contribution >= 4 is 16.7 Å². The monoisotopic (exact) mass is 306 g/mol. The molecule has 0 aliphatic heterocycles. The Morgan fingerprint density at radius 2 is 2.00 bits per heavy atom. The highest BCUT2D eigenvalue weighted by atomic mass is 16.1. The molecule has 1 aliphatic carbocycles. The van der Waals surface area contributed by atoms with Crippen molar-refractivity contribution in [3.63, 3.8) is 0 Å². The van der Waals surface area contributed by atoms with Crippen molar-refractivity contribution in [2.45, 2.75) is 26.2 Å². The molecule has 1 saturated carbocycles. The zero-order chi connectivity index (χ0) is 16.0. The van der Waals surface area contributed by atoms with Gasteiger partial charge in [0.2, 0.25) is 0 Å². The Bertz CT molecular complexity index is 909. The molecule has 0 atom stereocenters. The average Bonchev–Trinajstić information content (AvgIpc) is 3.34. The van der Waals surface area contributed by atoms with E-state index in [-0.39, 0.29) is 5.92 Å². The number of hydrogen-bond acceptors (Lipinski definition) is 4. The number of pyridine rings is 2. The Hall–Kier alpha value is -2.56. The van der Waals surface area contributed by atoms with Crippen molar-refractivity contribution in [2.24, 2.45) is 13.0 Å². The molecule has 0 bridgehead atoms. The number of hydrogen-bond donors (Lipinski definition) is 0. The minimum Gasteiger partial charge on any atom is -0.331 e. The first-order valence-corrected chi connectivity index (χ1v) is 7.88. The molecule has 0 spiro atoms. The van der Waals surface area contributed by atoms with Crippen LogP contribution in [0.15, 0.2) is 30.7 Å². The molecule has 5 heteroatoms. The van der Waals surface area contributed by atoms with E-state index in [4.69, 9.17) is 0 Å². The fraction of sp³-hybridized carbons (Fsp3) is 0.333. The van der Waals surface area contributed by atoms with Crippen molar-refractivity contribution in [1.29, 1.82) is 0 Å². The lowest BCUT2D eigenvalue weighted by Crippen LogP contribution is -2.06. The minimum atomic E-state index is 0.273. The van der Waals surface area contributed by atoms with Crippen LogP contribution in [0.1, 0.15) is 24.4 Å². The summed E-state index contributed by atoms with van der Waals surface area (Å²) >= 11 is 0. The molecule has 0 saturated heterocycles. The summed E-state index contributed by atoms with van der Waals surface area (Å²) < 4.78 is 2.04. The van der Waals surface area contributed by atoms with Gasteiger partial charge < -0.3 is 4.57 Å². The van der Waals surface area contributed by atoms with Gasteiger partial charge in [-0.15, -0.1) is 0 Å². The van der Waals surface area contributed by atoms with Gasteiger partial charge in [-0.25, -0.2) is 4.98 Å². The van der Waals surface area contributed by atoms with E-state index in [1.807, 2.05) is 37.0 Å². The maximum Gasteiger partial charge on any atom is 0.141 e. The largest absolute Gasteiger partial charge is 0.331 e. The first-order chi connectivity index (χ1) is 11.1. The van der Waals surface area contributed by atoms with Crippen molar-refractivity contribution in [2.75, 3.05) is 0 Å². The molecule has 0 amide bonds. The van der Waals surface area contributed by atoms with Crippen LogP contribution in [0.4, 0.5) is 0 Å². The van der Waals surface area contributed by atoms with Gasteiger partial charge in [0.15, 0.2) is 0 Å². The second-order valence-corrected chi connectivity index (χ2v) is 6.26. The highest BCUT2D eigenvalue weighted by molar-refractivity contribution is 5.87. The number of rotatable bonds is 4. The van der Waals surface area contributed by atoms with Crippen molar-refractivity contribution in [3.8, 4) is 11.3 Å².